The second-order valence-corrected chi connectivity index (χ2v) is 6.79. The van der Waals surface area contributed by atoms with E-state index in [1.807, 2.05) is 25.1 Å². The number of ether oxygens (including phenoxy) is 2. The molecule has 0 saturated carbocycles. The zero-order valence-electron chi connectivity index (χ0n) is 15.3. The number of fused-ring (bicyclic) bond motifs is 1. The average Bonchev–Trinajstić information content (AvgIpc) is 2.63. The van der Waals surface area contributed by atoms with Crippen molar-refractivity contribution in [2.24, 2.45) is 5.73 Å². The molecule has 1 aromatic carbocycles. The molecule has 0 fully saturated rings. The summed E-state index contributed by atoms with van der Waals surface area (Å²) in [6.45, 7) is 6.40. The topological polar surface area (TPSA) is 99.4 Å². The molecular formula is C19H24N4O3. The number of amides is 1. The van der Waals surface area contributed by atoms with E-state index in [4.69, 9.17) is 15.2 Å². The first-order chi connectivity index (χ1) is 12.4. The standard InChI is InChI=1S/C19H24N4O3/c1-4-19(3,20)17(24)23-13-10-21-18(22-11-13)26-15-7-5-6-14-16(15)12(2)8-9-25-14/h5-7,10-12H,4,8-9,20H2,1-3H3,(H,23,24)/t12?,19-/m1/s1. The predicted molar refractivity (Wildman–Crippen MR) is 98.6 cm³/mol. The highest BCUT2D eigenvalue weighted by Gasteiger charge is 2.26. The van der Waals surface area contributed by atoms with Gasteiger partial charge in [0.15, 0.2) is 0 Å². The number of nitrogens with one attached hydrogen (secondary N) is 1. The quantitative estimate of drug-likeness (QED) is 0.853. The summed E-state index contributed by atoms with van der Waals surface area (Å²) in [4.78, 5) is 20.5. The number of hydrogen-bond donors (Lipinski definition) is 2. The minimum Gasteiger partial charge on any atom is -0.493 e. The summed E-state index contributed by atoms with van der Waals surface area (Å²) in [7, 11) is 0. The molecule has 138 valence electrons. The van der Waals surface area contributed by atoms with Gasteiger partial charge in [-0.25, -0.2) is 9.97 Å². The second kappa shape index (κ2) is 7.29. The molecule has 7 heteroatoms. The van der Waals surface area contributed by atoms with Crippen molar-refractivity contribution < 1.29 is 14.3 Å². The fourth-order valence-corrected chi connectivity index (χ4v) is 2.68. The van der Waals surface area contributed by atoms with Crippen LogP contribution in [0.2, 0.25) is 0 Å². The Morgan fingerprint density at radius 2 is 2.15 bits per heavy atom. The molecule has 1 aromatic heterocycles. The fourth-order valence-electron chi connectivity index (χ4n) is 2.68. The van der Waals surface area contributed by atoms with Gasteiger partial charge in [0.1, 0.15) is 11.5 Å². The van der Waals surface area contributed by atoms with E-state index < -0.39 is 5.54 Å². The Hall–Kier alpha value is -2.67. The molecule has 2 atom stereocenters. The number of carbonyl (C=O) groups is 1. The molecule has 0 saturated heterocycles. The SMILES string of the molecule is CC[C@@](C)(N)C(=O)Nc1cnc(Oc2cccc3c2C(C)CCO3)nc1. The van der Waals surface area contributed by atoms with Crippen molar-refractivity contribution in [2.75, 3.05) is 11.9 Å². The van der Waals surface area contributed by atoms with Crippen molar-refractivity contribution in [3.8, 4) is 17.5 Å². The number of anilines is 1. The van der Waals surface area contributed by atoms with Crippen molar-refractivity contribution in [1.29, 1.82) is 0 Å². The normalized spacial score (nSPS) is 18.2. The molecule has 1 aliphatic rings. The Bertz CT molecular complexity index is 790. The van der Waals surface area contributed by atoms with E-state index in [9.17, 15) is 4.79 Å². The van der Waals surface area contributed by atoms with Crippen LogP contribution in [0.15, 0.2) is 30.6 Å². The first-order valence-corrected chi connectivity index (χ1v) is 8.76. The van der Waals surface area contributed by atoms with Gasteiger partial charge in [-0.05, 0) is 37.8 Å². The van der Waals surface area contributed by atoms with Gasteiger partial charge >= 0.3 is 6.01 Å². The Labute approximate surface area is 152 Å². The van der Waals surface area contributed by atoms with Gasteiger partial charge in [-0.2, -0.15) is 0 Å². The maximum atomic E-state index is 12.1. The summed E-state index contributed by atoms with van der Waals surface area (Å²) in [5.74, 6) is 1.59. The molecule has 1 unspecified atom stereocenters. The van der Waals surface area contributed by atoms with Crippen LogP contribution in [-0.2, 0) is 4.79 Å². The summed E-state index contributed by atoms with van der Waals surface area (Å²) >= 11 is 0. The highest BCUT2D eigenvalue weighted by Crippen LogP contribution is 2.40. The van der Waals surface area contributed by atoms with Crippen molar-refractivity contribution in [3.63, 3.8) is 0 Å². The Morgan fingerprint density at radius 1 is 1.42 bits per heavy atom. The highest BCUT2D eigenvalue weighted by atomic mass is 16.5. The molecular weight excluding hydrogens is 332 g/mol. The summed E-state index contributed by atoms with van der Waals surface area (Å²) in [6.07, 6.45) is 4.47. The molecule has 2 aromatic rings. The van der Waals surface area contributed by atoms with Crippen LogP contribution in [0.5, 0.6) is 17.5 Å². The number of benzene rings is 1. The Balaban J connectivity index is 1.74. The molecule has 0 bridgehead atoms. The third-order valence-corrected chi connectivity index (χ3v) is 4.67. The van der Waals surface area contributed by atoms with Crippen LogP contribution in [0, 0.1) is 0 Å². The first kappa shape index (κ1) is 18.1. The smallest absolute Gasteiger partial charge is 0.322 e. The summed E-state index contributed by atoms with van der Waals surface area (Å²) < 4.78 is 11.6. The van der Waals surface area contributed by atoms with E-state index in [-0.39, 0.29) is 11.9 Å². The van der Waals surface area contributed by atoms with E-state index in [2.05, 4.69) is 22.2 Å². The number of nitrogens with two attached hydrogens (primary N) is 1. The van der Waals surface area contributed by atoms with Crippen LogP contribution in [0.3, 0.4) is 0 Å². The molecule has 2 heterocycles. The van der Waals surface area contributed by atoms with Crippen LogP contribution < -0.4 is 20.5 Å². The molecule has 26 heavy (non-hydrogen) atoms. The number of carbonyl (C=O) groups excluding carboxylic acids is 1. The summed E-state index contributed by atoms with van der Waals surface area (Å²) in [5.41, 5.74) is 6.49. The fraction of sp³-hybridized carbons (Fsp3) is 0.421. The average molecular weight is 356 g/mol. The number of hydrogen-bond acceptors (Lipinski definition) is 6. The largest absolute Gasteiger partial charge is 0.493 e. The number of aromatic nitrogens is 2. The van der Waals surface area contributed by atoms with Crippen LogP contribution in [0.1, 0.15) is 45.1 Å². The lowest BCUT2D eigenvalue weighted by atomic mass is 9.94. The van der Waals surface area contributed by atoms with Crippen LogP contribution in [0.25, 0.3) is 0 Å². The van der Waals surface area contributed by atoms with Crippen LogP contribution in [0.4, 0.5) is 5.69 Å². The van der Waals surface area contributed by atoms with E-state index in [1.165, 1.54) is 12.4 Å². The third-order valence-electron chi connectivity index (χ3n) is 4.67. The second-order valence-electron chi connectivity index (χ2n) is 6.79. The molecule has 7 nitrogen and oxygen atoms in total. The molecule has 1 amide bonds. The van der Waals surface area contributed by atoms with Gasteiger partial charge in [-0.3, -0.25) is 4.79 Å². The maximum Gasteiger partial charge on any atom is 0.322 e. The van der Waals surface area contributed by atoms with Gasteiger partial charge in [0.25, 0.3) is 0 Å². The Morgan fingerprint density at radius 3 is 2.85 bits per heavy atom. The van der Waals surface area contributed by atoms with Gasteiger partial charge in [0, 0.05) is 5.56 Å². The van der Waals surface area contributed by atoms with Gasteiger partial charge in [0.05, 0.1) is 30.2 Å². The van der Waals surface area contributed by atoms with E-state index in [0.717, 1.165) is 17.7 Å². The first-order valence-electron chi connectivity index (χ1n) is 8.76. The Kier molecular flexibility index (Phi) is 5.08. The number of nitrogens with zero attached hydrogens (tertiary/aromatic N) is 2. The van der Waals surface area contributed by atoms with Crippen molar-refractivity contribution in [1.82, 2.24) is 9.97 Å². The minimum absolute atomic E-state index is 0.208. The highest BCUT2D eigenvalue weighted by molar-refractivity contribution is 5.97. The zero-order valence-corrected chi connectivity index (χ0v) is 15.3. The van der Waals surface area contributed by atoms with Crippen molar-refractivity contribution >= 4 is 11.6 Å². The van der Waals surface area contributed by atoms with E-state index >= 15 is 0 Å². The molecule has 3 N–H and O–H groups in total. The maximum absolute atomic E-state index is 12.1. The molecule has 0 spiro atoms. The molecule has 3 rings (SSSR count). The summed E-state index contributed by atoms with van der Waals surface area (Å²) in [6, 6.07) is 5.91. The van der Waals surface area contributed by atoms with Crippen LogP contribution >= 0.6 is 0 Å². The summed E-state index contributed by atoms with van der Waals surface area (Å²) in [5, 5.41) is 2.72. The lowest BCUT2D eigenvalue weighted by Gasteiger charge is -2.24. The van der Waals surface area contributed by atoms with Crippen molar-refractivity contribution in [3.05, 3.63) is 36.2 Å². The molecule has 0 radical (unpaired) electrons. The van der Waals surface area contributed by atoms with Gasteiger partial charge in [-0.15, -0.1) is 0 Å². The van der Waals surface area contributed by atoms with E-state index in [0.29, 0.717) is 30.4 Å². The van der Waals surface area contributed by atoms with Gasteiger partial charge in [-0.1, -0.05) is 19.9 Å². The predicted octanol–water partition coefficient (Wildman–Crippen LogP) is 3.22. The lowest BCUT2D eigenvalue weighted by Crippen LogP contribution is -2.47. The van der Waals surface area contributed by atoms with Crippen molar-refractivity contribution in [2.45, 2.75) is 45.1 Å². The monoisotopic (exact) mass is 356 g/mol. The lowest BCUT2D eigenvalue weighted by molar-refractivity contribution is -0.120. The minimum atomic E-state index is -0.936. The van der Waals surface area contributed by atoms with E-state index in [1.54, 1.807) is 6.92 Å². The third kappa shape index (κ3) is 3.77. The molecule has 0 aliphatic carbocycles. The van der Waals surface area contributed by atoms with Crippen LogP contribution in [-0.4, -0.2) is 28.0 Å². The van der Waals surface area contributed by atoms with Gasteiger partial charge < -0.3 is 20.5 Å². The molecule has 1 aliphatic heterocycles. The van der Waals surface area contributed by atoms with Gasteiger partial charge in [0.2, 0.25) is 5.91 Å². The number of rotatable bonds is 5. The zero-order chi connectivity index (χ0) is 18.7.